The van der Waals surface area contributed by atoms with Crippen LogP contribution in [0.5, 0.6) is 0 Å². The van der Waals surface area contributed by atoms with Gasteiger partial charge in [-0.2, -0.15) is 0 Å². The second-order valence-electron chi connectivity index (χ2n) is 6.84. The number of amides is 1. The number of aromatic nitrogens is 2. The number of fused-ring (bicyclic) bond motifs is 1. The van der Waals surface area contributed by atoms with Gasteiger partial charge in [-0.15, -0.1) is 0 Å². The molecule has 3 heterocycles. The van der Waals surface area contributed by atoms with Gasteiger partial charge in [0.25, 0.3) is 5.56 Å². The van der Waals surface area contributed by atoms with Gasteiger partial charge in [-0.05, 0) is 37.8 Å². The molecule has 6 nitrogen and oxygen atoms in total. The Hall–Kier alpha value is -1.86. The number of thioether (sulfide) groups is 1. The maximum absolute atomic E-state index is 13.0. The predicted octanol–water partition coefficient (Wildman–Crippen LogP) is 2.29. The average molecular weight is 373 g/mol. The molecule has 1 amide bonds. The van der Waals surface area contributed by atoms with E-state index >= 15 is 0 Å². The third kappa shape index (κ3) is 3.64. The van der Waals surface area contributed by atoms with Crippen LogP contribution in [0.1, 0.15) is 25.7 Å². The second kappa shape index (κ2) is 7.80. The summed E-state index contributed by atoms with van der Waals surface area (Å²) in [4.78, 5) is 32.0. The van der Waals surface area contributed by atoms with Crippen molar-refractivity contribution < 1.29 is 9.53 Å². The van der Waals surface area contributed by atoms with Gasteiger partial charge in [0.15, 0.2) is 5.16 Å². The summed E-state index contributed by atoms with van der Waals surface area (Å²) in [5, 5.41) is 1.22. The Balaban J connectivity index is 1.62. The summed E-state index contributed by atoms with van der Waals surface area (Å²) >= 11 is 1.36. The van der Waals surface area contributed by atoms with E-state index in [9.17, 15) is 9.59 Å². The van der Waals surface area contributed by atoms with E-state index in [1.165, 1.54) is 11.8 Å². The van der Waals surface area contributed by atoms with E-state index in [0.29, 0.717) is 28.4 Å². The van der Waals surface area contributed by atoms with Crippen LogP contribution in [0.3, 0.4) is 0 Å². The maximum atomic E-state index is 13.0. The molecule has 138 valence electrons. The van der Waals surface area contributed by atoms with Crippen molar-refractivity contribution in [3.63, 3.8) is 0 Å². The molecule has 0 spiro atoms. The van der Waals surface area contributed by atoms with Crippen LogP contribution in [0.25, 0.3) is 10.9 Å². The Morgan fingerprint density at radius 3 is 2.81 bits per heavy atom. The molecule has 0 bridgehead atoms. The fourth-order valence-electron chi connectivity index (χ4n) is 3.59. The molecule has 0 radical (unpaired) electrons. The van der Waals surface area contributed by atoms with Crippen LogP contribution < -0.4 is 5.56 Å². The van der Waals surface area contributed by atoms with Crippen molar-refractivity contribution in [1.29, 1.82) is 0 Å². The van der Waals surface area contributed by atoms with Gasteiger partial charge in [-0.1, -0.05) is 23.9 Å². The lowest BCUT2D eigenvalue weighted by Crippen LogP contribution is -2.31. The summed E-state index contributed by atoms with van der Waals surface area (Å²) in [5.74, 6) is 0.439. The number of carbonyl (C=O) groups is 1. The van der Waals surface area contributed by atoms with Crippen LogP contribution in [0.4, 0.5) is 0 Å². The minimum atomic E-state index is -0.0535. The van der Waals surface area contributed by atoms with Gasteiger partial charge >= 0.3 is 0 Å². The molecule has 2 fully saturated rings. The summed E-state index contributed by atoms with van der Waals surface area (Å²) in [6, 6.07) is 7.38. The summed E-state index contributed by atoms with van der Waals surface area (Å²) in [7, 11) is 0. The molecular weight excluding hydrogens is 350 g/mol. The van der Waals surface area contributed by atoms with Gasteiger partial charge in [0, 0.05) is 19.7 Å². The van der Waals surface area contributed by atoms with Crippen LogP contribution >= 0.6 is 11.8 Å². The quantitative estimate of drug-likeness (QED) is 0.594. The number of rotatable bonds is 5. The Bertz CT molecular complexity index is 855. The highest BCUT2D eigenvalue weighted by atomic mass is 32.2. The average Bonchev–Trinajstić information content (AvgIpc) is 3.36. The highest BCUT2D eigenvalue weighted by molar-refractivity contribution is 7.99. The number of nitrogens with zero attached hydrogens (tertiary/aromatic N) is 3. The van der Waals surface area contributed by atoms with Gasteiger partial charge in [-0.3, -0.25) is 14.2 Å². The first-order valence-electron chi connectivity index (χ1n) is 9.24. The molecule has 1 unspecified atom stereocenters. The van der Waals surface area contributed by atoms with E-state index in [2.05, 4.69) is 4.98 Å². The van der Waals surface area contributed by atoms with Gasteiger partial charge in [-0.25, -0.2) is 4.98 Å². The molecule has 2 aliphatic rings. The minimum Gasteiger partial charge on any atom is -0.376 e. The third-order valence-electron chi connectivity index (χ3n) is 5.02. The summed E-state index contributed by atoms with van der Waals surface area (Å²) in [6.45, 7) is 2.92. The van der Waals surface area contributed by atoms with Crippen LogP contribution in [0.15, 0.2) is 34.2 Å². The Morgan fingerprint density at radius 1 is 1.23 bits per heavy atom. The van der Waals surface area contributed by atoms with Crippen molar-refractivity contribution in [3.8, 4) is 0 Å². The van der Waals surface area contributed by atoms with Gasteiger partial charge in [0.2, 0.25) is 5.91 Å². The zero-order valence-corrected chi connectivity index (χ0v) is 15.5. The van der Waals surface area contributed by atoms with E-state index < -0.39 is 0 Å². The Labute approximate surface area is 156 Å². The lowest BCUT2D eigenvalue weighted by molar-refractivity contribution is -0.127. The van der Waals surface area contributed by atoms with Crippen molar-refractivity contribution in [2.24, 2.45) is 0 Å². The molecule has 2 aromatic rings. The monoisotopic (exact) mass is 373 g/mol. The molecule has 4 rings (SSSR count). The van der Waals surface area contributed by atoms with E-state index in [-0.39, 0.29) is 17.6 Å². The summed E-state index contributed by atoms with van der Waals surface area (Å²) in [5.41, 5.74) is 0.624. The van der Waals surface area contributed by atoms with Crippen LogP contribution in [0.2, 0.25) is 0 Å². The molecule has 2 saturated heterocycles. The van der Waals surface area contributed by atoms with Crippen molar-refractivity contribution in [3.05, 3.63) is 34.6 Å². The zero-order valence-electron chi connectivity index (χ0n) is 14.7. The van der Waals surface area contributed by atoms with Gasteiger partial charge < -0.3 is 9.64 Å². The molecule has 2 aliphatic heterocycles. The number of benzene rings is 1. The van der Waals surface area contributed by atoms with Crippen molar-refractivity contribution in [2.75, 3.05) is 25.4 Å². The number of para-hydroxylation sites is 1. The van der Waals surface area contributed by atoms with Crippen molar-refractivity contribution >= 4 is 28.6 Å². The molecule has 0 saturated carbocycles. The Kier molecular flexibility index (Phi) is 5.26. The Morgan fingerprint density at radius 2 is 2.04 bits per heavy atom. The fourth-order valence-corrected chi connectivity index (χ4v) is 4.51. The number of ether oxygens (including phenoxy) is 1. The largest absolute Gasteiger partial charge is 0.376 e. The van der Waals surface area contributed by atoms with E-state index in [4.69, 9.17) is 4.74 Å². The molecule has 0 N–H and O–H groups in total. The van der Waals surface area contributed by atoms with Gasteiger partial charge in [0.1, 0.15) is 0 Å². The first kappa shape index (κ1) is 17.5. The number of likely N-dealkylation sites (tertiary alicyclic amines) is 1. The maximum Gasteiger partial charge on any atom is 0.262 e. The highest BCUT2D eigenvalue weighted by Gasteiger charge is 2.22. The summed E-state index contributed by atoms with van der Waals surface area (Å²) < 4.78 is 7.41. The number of hydrogen-bond acceptors (Lipinski definition) is 5. The molecular formula is C19H23N3O3S. The zero-order chi connectivity index (χ0) is 17.9. The molecule has 1 aromatic heterocycles. The topological polar surface area (TPSA) is 64.4 Å². The van der Waals surface area contributed by atoms with Crippen LogP contribution in [-0.2, 0) is 16.1 Å². The third-order valence-corrected chi connectivity index (χ3v) is 5.98. The minimum absolute atomic E-state index is 0.0456. The normalized spacial score (nSPS) is 20.2. The van der Waals surface area contributed by atoms with E-state index in [1.807, 2.05) is 23.1 Å². The van der Waals surface area contributed by atoms with Crippen molar-refractivity contribution in [2.45, 2.75) is 43.5 Å². The van der Waals surface area contributed by atoms with Gasteiger partial charge in [0.05, 0.1) is 29.3 Å². The van der Waals surface area contributed by atoms with Crippen molar-refractivity contribution in [1.82, 2.24) is 14.5 Å². The van der Waals surface area contributed by atoms with E-state index in [1.54, 1.807) is 10.6 Å². The molecule has 26 heavy (non-hydrogen) atoms. The molecule has 0 aliphatic carbocycles. The van der Waals surface area contributed by atoms with Crippen LogP contribution in [0, 0.1) is 0 Å². The summed E-state index contributed by atoms with van der Waals surface area (Å²) in [6.07, 6.45) is 4.18. The standard InChI is InChI=1S/C19H23N3O3S/c23-17(21-9-3-4-10-21)13-26-19-20-16-8-2-1-7-15(16)18(24)22(19)12-14-6-5-11-25-14/h1-2,7-8,14H,3-6,9-13H2. The fraction of sp³-hybridized carbons (Fsp3) is 0.526. The smallest absolute Gasteiger partial charge is 0.262 e. The molecule has 1 aromatic carbocycles. The SMILES string of the molecule is O=C(CSc1nc2ccccc2c(=O)n1CC1CCCO1)N1CCCC1. The lowest BCUT2D eigenvalue weighted by atomic mass is 10.2. The predicted molar refractivity (Wildman–Crippen MR) is 102 cm³/mol. The molecule has 1 atom stereocenters. The highest BCUT2D eigenvalue weighted by Crippen LogP contribution is 2.22. The lowest BCUT2D eigenvalue weighted by Gasteiger charge is -2.18. The molecule has 7 heteroatoms. The van der Waals surface area contributed by atoms with Crippen LogP contribution in [-0.4, -0.2) is 51.9 Å². The first-order chi connectivity index (χ1) is 12.7. The van der Waals surface area contributed by atoms with E-state index in [0.717, 1.165) is 45.4 Å². The first-order valence-corrected chi connectivity index (χ1v) is 10.2. The second-order valence-corrected chi connectivity index (χ2v) is 7.78. The number of hydrogen-bond donors (Lipinski definition) is 0. The number of carbonyl (C=O) groups excluding carboxylic acids is 1.